The molecule has 0 spiro atoms. The van der Waals surface area contributed by atoms with Crippen molar-refractivity contribution >= 4 is 5.91 Å². The number of hydrogen-bond donors (Lipinski definition) is 1. The smallest absolute Gasteiger partial charge is 0.255 e. The van der Waals surface area contributed by atoms with Crippen molar-refractivity contribution in [3.63, 3.8) is 0 Å². The molecule has 34 heavy (non-hydrogen) atoms. The highest BCUT2D eigenvalue weighted by Gasteiger charge is 2.26. The molecule has 180 valence electrons. The summed E-state index contributed by atoms with van der Waals surface area (Å²) in [6.07, 6.45) is 0.589. The van der Waals surface area contributed by atoms with Crippen LogP contribution in [0.5, 0.6) is 11.5 Å². The highest BCUT2D eigenvalue weighted by atomic mass is 19.3. The van der Waals surface area contributed by atoms with Gasteiger partial charge in [0.2, 0.25) is 0 Å². The molecule has 3 aromatic rings. The first-order valence-electron chi connectivity index (χ1n) is 11.2. The summed E-state index contributed by atoms with van der Waals surface area (Å²) in [7, 11) is 3.13. The van der Waals surface area contributed by atoms with E-state index in [2.05, 4.69) is 5.32 Å². The summed E-state index contributed by atoms with van der Waals surface area (Å²) < 4.78 is 37.9. The molecule has 1 aromatic heterocycles. The summed E-state index contributed by atoms with van der Waals surface area (Å²) in [5.41, 5.74) is 2.36. The summed E-state index contributed by atoms with van der Waals surface area (Å²) in [6, 6.07) is 14.8. The molecule has 0 radical (unpaired) electrons. The Morgan fingerprint density at radius 2 is 1.85 bits per heavy atom. The Balaban J connectivity index is 1.62. The van der Waals surface area contributed by atoms with Crippen molar-refractivity contribution in [2.24, 2.45) is 0 Å². The summed E-state index contributed by atoms with van der Waals surface area (Å²) in [5, 5.41) is 7.79. The molecule has 0 atom stereocenters. The van der Waals surface area contributed by atoms with E-state index in [0.29, 0.717) is 54.3 Å². The van der Waals surface area contributed by atoms with E-state index in [4.69, 9.17) is 14.6 Å². The summed E-state index contributed by atoms with van der Waals surface area (Å²) in [4.78, 5) is 15.1. The number of methoxy groups -OCH3 is 2. The lowest BCUT2D eigenvalue weighted by Crippen LogP contribution is -2.45. The van der Waals surface area contributed by atoms with E-state index in [9.17, 15) is 13.6 Å². The molecule has 1 aliphatic heterocycles. The molecule has 1 amide bonds. The second-order valence-electron chi connectivity index (χ2n) is 8.18. The van der Waals surface area contributed by atoms with Gasteiger partial charge in [-0.2, -0.15) is 5.10 Å². The predicted octanol–water partition coefficient (Wildman–Crippen LogP) is 4.02. The Morgan fingerprint density at radius 3 is 2.50 bits per heavy atom. The van der Waals surface area contributed by atoms with E-state index >= 15 is 0 Å². The number of ether oxygens (including phenoxy) is 2. The number of nitrogens with one attached hydrogen (secondary N) is 1. The van der Waals surface area contributed by atoms with Gasteiger partial charge >= 0.3 is 0 Å². The van der Waals surface area contributed by atoms with Gasteiger partial charge < -0.3 is 14.8 Å². The number of para-hydroxylation sites is 1. The van der Waals surface area contributed by atoms with Gasteiger partial charge in [0.05, 0.1) is 32.0 Å². The first kappa shape index (κ1) is 23.7. The van der Waals surface area contributed by atoms with E-state index in [-0.39, 0.29) is 18.5 Å². The molecule has 4 rings (SSSR count). The number of carbonyl (C=O) groups is 1. The normalized spacial score (nSPS) is 14.9. The van der Waals surface area contributed by atoms with Crippen LogP contribution in [0.15, 0.2) is 54.7 Å². The van der Waals surface area contributed by atoms with Crippen molar-refractivity contribution in [2.45, 2.75) is 25.3 Å². The molecule has 0 saturated carbocycles. The monoisotopic (exact) mass is 470 g/mol. The number of alkyl halides is 2. The number of halogens is 2. The lowest BCUT2D eigenvalue weighted by Gasteiger charge is -2.32. The molecule has 1 aliphatic rings. The standard InChI is InChI=1S/C25H28F2N4O3/c1-33-19-8-9-20(22(14-19)34-2)24-21(15-31(29-24)18-6-4-3-5-7-18)25(32)28-17-10-12-30(13-11-17)16-23(26)27/h3-9,14-15,17,23H,10-13,16H2,1-2H3,(H,28,32). The van der Waals surface area contributed by atoms with Gasteiger partial charge in [0.1, 0.15) is 17.2 Å². The van der Waals surface area contributed by atoms with Crippen LogP contribution in [0.2, 0.25) is 0 Å². The molecule has 1 N–H and O–H groups in total. The number of likely N-dealkylation sites (tertiary alicyclic amines) is 1. The molecule has 1 fully saturated rings. The SMILES string of the molecule is COc1ccc(-c2nn(-c3ccccc3)cc2C(=O)NC2CCN(CC(F)F)CC2)c(OC)c1. The Morgan fingerprint density at radius 1 is 1.12 bits per heavy atom. The van der Waals surface area contributed by atoms with Crippen LogP contribution in [0.1, 0.15) is 23.2 Å². The van der Waals surface area contributed by atoms with Crippen LogP contribution in [0.3, 0.4) is 0 Å². The van der Waals surface area contributed by atoms with Crippen LogP contribution in [0.4, 0.5) is 8.78 Å². The zero-order valence-corrected chi connectivity index (χ0v) is 19.2. The molecular weight excluding hydrogens is 442 g/mol. The molecule has 0 unspecified atom stereocenters. The number of hydrogen-bond acceptors (Lipinski definition) is 5. The van der Waals surface area contributed by atoms with Crippen molar-refractivity contribution in [1.29, 1.82) is 0 Å². The van der Waals surface area contributed by atoms with Crippen LogP contribution in [0.25, 0.3) is 16.9 Å². The average Bonchev–Trinajstić information content (AvgIpc) is 3.30. The van der Waals surface area contributed by atoms with E-state index < -0.39 is 6.43 Å². The van der Waals surface area contributed by atoms with E-state index in [1.165, 1.54) is 0 Å². The zero-order chi connectivity index (χ0) is 24.1. The van der Waals surface area contributed by atoms with Gasteiger partial charge in [-0.1, -0.05) is 18.2 Å². The van der Waals surface area contributed by atoms with Crippen LogP contribution >= 0.6 is 0 Å². The minimum atomic E-state index is -2.35. The Bertz CT molecular complexity index is 1110. The van der Waals surface area contributed by atoms with Crippen LogP contribution in [-0.2, 0) is 0 Å². The quantitative estimate of drug-likeness (QED) is 0.539. The fourth-order valence-corrected chi connectivity index (χ4v) is 4.16. The summed E-state index contributed by atoms with van der Waals surface area (Å²) in [5.74, 6) is 0.902. The van der Waals surface area contributed by atoms with E-state index in [1.807, 2.05) is 36.4 Å². The third-order valence-electron chi connectivity index (χ3n) is 5.96. The second-order valence-corrected chi connectivity index (χ2v) is 8.18. The summed E-state index contributed by atoms with van der Waals surface area (Å²) >= 11 is 0. The van der Waals surface area contributed by atoms with Gasteiger partial charge in [-0.25, -0.2) is 13.5 Å². The molecule has 2 heterocycles. The average molecular weight is 471 g/mol. The second kappa shape index (κ2) is 10.6. The topological polar surface area (TPSA) is 68.6 Å². The first-order chi connectivity index (χ1) is 16.5. The maximum absolute atomic E-state index is 13.4. The first-order valence-corrected chi connectivity index (χ1v) is 11.2. The third-order valence-corrected chi connectivity index (χ3v) is 5.96. The van der Waals surface area contributed by atoms with Gasteiger partial charge in [-0.15, -0.1) is 0 Å². The lowest BCUT2D eigenvalue weighted by atomic mass is 10.0. The Kier molecular flexibility index (Phi) is 7.42. The Labute approximate surface area is 197 Å². The summed E-state index contributed by atoms with van der Waals surface area (Å²) in [6.45, 7) is 0.821. The highest BCUT2D eigenvalue weighted by Crippen LogP contribution is 2.35. The van der Waals surface area contributed by atoms with Gasteiger partial charge in [0.15, 0.2) is 0 Å². The van der Waals surface area contributed by atoms with Crippen molar-refractivity contribution in [1.82, 2.24) is 20.0 Å². The van der Waals surface area contributed by atoms with Crippen molar-refractivity contribution < 1.29 is 23.0 Å². The van der Waals surface area contributed by atoms with Gasteiger partial charge in [0, 0.05) is 37.0 Å². The van der Waals surface area contributed by atoms with E-state index in [0.717, 1.165) is 5.69 Å². The van der Waals surface area contributed by atoms with Gasteiger partial charge in [-0.3, -0.25) is 9.69 Å². The van der Waals surface area contributed by atoms with Gasteiger partial charge in [-0.05, 0) is 37.1 Å². The minimum Gasteiger partial charge on any atom is -0.497 e. The fraction of sp³-hybridized carbons (Fsp3) is 0.360. The predicted molar refractivity (Wildman–Crippen MR) is 125 cm³/mol. The number of piperidine rings is 1. The van der Waals surface area contributed by atoms with E-state index in [1.54, 1.807) is 42.1 Å². The molecule has 0 aliphatic carbocycles. The molecule has 0 bridgehead atoms. The number of carbonyl (C=O) groups excluding carboxylic acids is 1. The number of aromatic nitrogens is 2. The van der Waals surface area contributed by atoms with Crippen molar-refractivity contribution in [3.05, 3.63) is 60.3 Å². The largest absolute Gasteiger partial charge is 0.497 e. The molecule has 2 aromatic carbocycles. The third kappa shape index (κ3) is 5.36. The molecule has 9 heteroatoms. The van der Waals surface area contributed by atoms with Gasteiger partial charge in [0.25, 0.3) is 12.3 Å². The fourth-order valence-electron chi connectivity index (χ4n) is 4.16. The van der Waals surface area contributed by atoms with Crippen LogP contribution in [-0.4, -0.2) is 66.9 Å². The zero-order valence-electron chi connectivity index (χ0n) is 19.2. The maximum atomic E-state index is 13.4. The molecular formula is C25H28F2N4O3. The molecule has 1 saturated heterocycles. The van der Waals surface area contributed by atoms with Crippen molar-refractivity contribution in [3.8, 4) is 28.4 Å². The minimum absolute atomic E-state index is 0.0906. The highest BCUT2D eigenvalue weighted by molar-refractivity contribution is 6.00. The number of nitrogens with zero attached hydrogens (tertiary/aromatic N) is 3. The van der Waals surface area contributed by atoms with Crippen molar-refractivity contribution in [2.75, 3.05) is 33.9 Å². The molecule has 7 nitrogen and oxygen atoms in total. The lowest BCUT2D eigenvalue weighted by molar-refractivity contribution is 0.0696. The number of benzene rings is 2. The maximum Gasteiger partial charge on any atom is 0.255 e. The number of rotatable bonds is 8. The Hall–Kier alpha value is -3.46. The van der Waals surface area contributed by atoms with Crippen LogP contribution in [0, 0.1) is 0 Å². The number of amides is 1. The van der Waals surface area contributed by atoms with Crippen LogP contribution < -0.4 is 14.8 Å².